The quantitative estimate of drug-likeness (QED) is 0.800. The zero-order valence-electron chi connectivity index (χ0n) is 14.2. The third-order valence-electron chi connectivity index (χ3n) is 4.32. The minimum Gasteiger partial charge on any atom is -0.497 e. The summed E-state index contributed by atoms with van der Waals surface area (Å²) in [5.74, 6) is 0.449. The fraction of sp³-hybridized carbons (Fsp3) is 0.263. The summed E-state index contributed by atoms with van der Waals surface area (Å²) >= 11 is 0. The first-order chi connectivity index (χ1) is 12.1. The molecule has 1 aliphatic heterocycles. The molecule has 2 atom stereocenters. The maximum absolute atomic E-state index is 12.3. The molecule has 0 aliphatic carbocycles. The molecule has 6 heteroatoms. The van der Waals surface area contributed by atoms with Gasteiger partial charge in [-0.2, -0.15) is 0 Å². The minimum absolute atomic E-state index is 0.123. The lowest BCUT2D eigenvalue weighted by molar-refractivity contribution is -0.120. The van der Waals surface area contributed by atoms with Gasteiger partial charge < -0.3 is 20.7 Å². The lowest BCUT2D eigenvalue weighted by Gasteiger charge is -2.19. The Hall–Kier alpha value is -3.02. The lowest BCUT2D eigenvalue weighted by Crippen LogP contribution is -2.44. The Bertz CT molecular complexity index is 756. The van der Waals surface area contributed by atoms with Crippen LogP contribution in [0, 0.1) is 6.92 Å². The molecule has 3 N–H and O–H groups in total. The molecule has 2 unspecified atom stereocenters. The van der Waals surface area contributed by atoms with Gasteiger partial charge in [0.2, 0.25) is 5.91 Å². The van der Waals surface area contributed by atoms with Crippen LogP contribution in [0.15, 0.2) is 48.5 Å². The highest BCUT2D eigenvalue weighted by Crippen LogP contribution is 2.25. The molecule has 0 spiro atoms. The topological polar surface area (TPSA) is 79.5 Å². The molecule has 0 saturated carbocycles. The Morgan fingerprint density at radius 1 is 1.12 bits per heavy atom. The molecule has 0 radical (unpaired) electrons. The van der Waals surface area contributed by atoms with Gasteiger partial charge in [-0.15, -0.1) is 0 Å². The summed E-state index contributed by atoms with van der Waals surface area (Å²) in [5.41, 5.74) is 2.77. The van der Waals surface area contributed by atoms with E-state index in [-0.39, 0.29) is 11.8 Å². The summed E-state index contributed by atoms with van der Waals surface area (Å²) < 4.78 is 5.16. The molecule has 3 amide bonds. The number of hydrogen-bond acceptors (Lipinski definition) is 3. The van der Waals surface area contributed by atoms with E-state index < -0.39 is 12.1 Å². The third-order valence-corrected chi connectivity index (χ3v) is 4.32. The highest BCUT2D eigenvalue weighted by molar-refractivity contribution is 5.95. The first-order valence-electron chi connectivity index (χ1n) is 8.12. The van der Waals surface area contributed by atoms with Crippen molar-refractivity contribution in [1.29, 1.82) is 0 Å². The molecule has 6 nitrogen and oxygen atoms in total. The predicted octanol–water partition coefficient (Wildman–Crippen LogP) is 2.41. The predicted molar refractivity (Wildman–Crippen MR) is 95.9 cm³/mol. The molecule has 2 aromatic rings. The van der Waals surface area contributed by atoms with Crippen molar-refractivity contribution in [3.8, 4) is 5.75 Å². The summed E-state index contributed by atoms with van der Waals surface area (Å²) in [4.78, 5) is 24.4. The number of aryl methyl sites for hydroxylation is 1. The number of amides is 3. The van der Waals surface area contributed by atoms with E-state index in [1.54, 1.807) is 7.11 Å². The van der Waals surface area contributed by atoms with Gasteiger partial charge in [-0.3, -0.25) is 4.79 Å². The van der Waals surface area contributed by atoms with Crippen LogP contribution in [-0.4, -0.2) is 31.6 Å². The smallest absolute Gasteiger partial charge is 0.319 e. The van der Waals surface area contributed by atoms with Crippen LogP contribution < -0.4 is 20.7 Å². The maximum Gasteiger partial charge on any atom is 0.319 e. The highest BCUT2D eigenvalue weighted by atomic mass is 16.5. The highest BCUT2D eigenvalue weighted by Gasteiger charge is 2.36. The minimum atomic E-state index is -0.612. The van der Waals surface area contributed by atoms with E-state index in [1.165, 1.54) is 0 Å². The number of nitrogens with one attached hydrogen (secondary N) is 3. The van der Waals surface area contributed by atoms with E-state index in [4.69, 9.17) is 4.74 Å². The largest absolute Gasteiger partial charge is 0.497 e. The van der Waals surface area contributed by atoms with Crippen LogP contribution in [0.1, 0.15) is 17.0 Å². The summed E-state index contributed by atoms with van der Waals surface area (Å²) in [6.07, 6.45) is 0. The number of carbonyl (C=O) groups excluding carboxylic acids is 2. The van der Waals surface area contributed by atoms with Crippen molar-refractivity contribution in [1.82, 2.24) is 10.6 Å². The molecule has 0 aromatic heterocycles. The van der Waals surface area contributed by atoms with Crippen molar-refractivity contribution >= 4 is 17.6 Å². The number of benzene rings is 2. The second-order valence-corrected chi connectivity index (χ2v) is 6.07. The van der Waals surface area contributed by atoms with Crippen molar-refractivity contribution in [3.05, 3.63) is 59.7 Å². The fourth-order valence-electron chi connectivity index (χ4n) is 2.89. The van der Waals surface area contributed by atoms with Gasteiger partial charge in [-0.05, 0) is 36.8 Å². The second-order valence-electron chi connectivity index (χ2n) is 6.07. The second kappa shape index (κ2) is 7.25. The van der Waals surface area contributed by atoms with E-state index in [1.807, 2.05) is 55.5 Å². The maximum atomic E-state index is 12.3. The SMILES string of the molecule is COc1ccc(C2CNC(=O)C2NC(=O)Nc2ccc(C)cc2)cc1. The normalized spacial score (nSPS) is 19.2. The first-order valence-corrected chi connectivity index (χ1v) is 8.12. The summed E-state index contributed by atoms with van der Waals surface area (Å²) in [6.45, 7) is 2.47. The Morgan fingerprint density at radius 3 is 2.44 bits per heavy atom. The van der Waals surface area contributed by atoms with E-state index >= 15 is 0 Å². The molecule has 25 heavy (non-hydrogen) atoms. The Labute approximate surface area is 146 Å². The fourth-order valence-corrected chi connectivity index (χ4v) is 2.89. The zero-order chi connectivity index (χ0) is 17.8. The number of carbonyl (C=O) groups is 2. The molecule has 3 rings (SSSR count). The number of hydrogen-bond donors (Lipinski definition) is 3. The van der Waals surface area contributed by atoms with Crippen LogP contribution in [0.3, 0.4) is 0 Å². The van der Waals surface area contributed by atoms with Crippen LogP contribution in [0.5, 0.6) is 5.75 Å². The standard InChI is InChI=1S/C19H21N3O3/c1-12-3-7-14(8-4-12)21-19(24)22-17-16(11-20-18(17)23)13-5-9-15(25-2)10-6-13/h3-10,16-17H,11H2,1-2H3,(H,20,23)(H2,21,22,24). The van der Waals surface area contributed by atoms with Gasteiger partial charge in [-0.25, -0.2) is 4.79 Å². The van der Waals surface area contributed by atoms with Crippen molar-refractivity contribution < 1.29 is 14.3 Å². The Balaban J connectivity index is 1.68. The van der Waals surface area contributed by atoms with Crippen molar-refractivity contribution in [2.75, 3.05) is 19.0 Å². The molecule has 0 bridgehead atoms. The van der Waals surface area contributed by atoms with Crippen LogP contribution in [-0.2, 0) is 4.79 Å². The molecule has 2 aromatic carbocycles. The summed E-state index contributed by atoms with van der Waals surface area (Å²) in [5, 5.41) is 8.34. The molecule has 1 fully saturated rings. The molecule has 1 heterocycles. The third kappa shape index (κ3) is 3.91. The van der Waals surface area contributed by atoms with Gasteiger partial charge in [0.1, 0.15) is 11.8 Å². The monoisotopic (exact) mass is 339 g/mol. The van der Waals surface area contributed by atoms with Gasteiger partial charge in [-0.1, -0.05) is 29.8 Å². The van der Waals surface area contributed by atoms with E-state index in [0.29, 0.717) is 12.2 Å². The number of anilines is 1. The van der Waals surface area contributed by atoms with Crippen LogP contribution in [0.4, 0.5) is 10.5 Å². The molecular formula is C19H21N3O3. The Morgan fingerprint density at radius 2 is 1.80 bits per heavy atom. The average molecular weight is 339 g/mol. The average Bonchev–Trinajstić information content (AvgIpc) is 2.98. The van der Waals surface area contributed by atoms with Gasteiger partial charge in [0.25, 0.3) is 0 Å². The number of urea groups is 1. The first kappa shape index (κ1) is 16.8. The Kier molecular flexibility index (Phi) is 4.88. The lowest BCUT2D eigenvalue weighted by atomic mass is 9.94. The van der Waals surface area contributed by atoms with Gasteiger partial charge in [0, 0.05) is 18.2 Å². The van der Waals surface area contributed by atoms with Crippen LogP contribution in [0.25, 0.3) is 0 Å². The van der Waals surface area contributed by atoms with Gasteiger partial charge in [0.15, 0.2) is 0 Å². The van der Waals surface area contributed by atoms with Crippen molar-refractivity contribution in [3.63, 3.8) is 0 Å². The van der Waals surface area contributed by atoms with E-state index in [2.05, 4.69) is 16.0 Å². The van der Waals surface area contributed by atoms with Crippen LogP contribution >= 0.6 is 0 Å². The van der Waals surface area contributed by atoms with Gasteiger partial charge >= 0.3 is 6.03 Å². The summed E-state index contributed by atoms with van der Waals surface area (Å²) in [6, 6.07) is 14.0. The van der Waals surface area contributed by atoms with Crippen LogP contribution in [0.2, 0.25) is 0 Å². The number of ether oxygens (including phenoxy) is 1. The van der Waals surface area contributed by atoms with E-state index in [0.717, 1.165) is 16.9 Å². The number of methoxy groups -OCH3 is 1. The molecular weight excluding hydrogens is 318 g/mol. The number of rotatable bonds is 4. The zero-order valence-corrected chi connectivity index (χ0v) is 14.2. The van der Waals surface area contributed by atoms with E-state index in [9.17, 15) is 9.59 Å². The van der Waals surface area contributed by atoms with Crippen molar-refractivity contribution in [2.45, 2.75) is 18.9 Å². The molecule has 1 aliphatic rings. The van der Waals surface area contributed by atoms with Gasteiger partial charge in [0.05, 0.1) is 7.11 Å². The summed E-state index contributed by atoms with van der Waals surface area (Å²) in [7, 11) is 1.61. The van der Waals surface area contributed by atoms with Crippen molar-refractivity contribution in [2.24, 2.45) is 0 Å². The molecule has 130 valence electrons. The molecule has 1 saturated heterocycles.